The molecule has 0 amide bonds. The molecule has 18 heavy (non-hydrogen) atoms. The summed E-state index contributed by atoms with van der Waals surface area (Å²) < 4.78 is 5.59. The van der Waals surface area contributed by atoms with Crippen LogP contribution in [0, 0.1) is 18.3 Å². The monoisotopic (exact) mass is 240 g/mol. The molecule has 0 saturated carbocycles. The first-order chi connectivity index (χ1) is 8.61. The number of aromatic nitrogens is 1. The summed E-state index contributed by atoms with van der Waals surface area (Å²) in [6.07, 6.45) is 0.291. The molecule has 0 atom stereocenters. The van der Waals surface area contributed by atoms with Crippen molar-refractivity contribution in [1.29, 1.82) is 5.26 Å². The van der Waals surface area contributed by atoms with E-state index in [0.29, 0.717) is 18.2 Å². The molecule has 1 aromatic heterocycles. The fourth-order valence-electron chi connectivity index (χ4n) is 1.80. The molecule has 0 bridgehead atoms. The molecule has 0 aliphatic rings. The number of aryl methyl sites for hydroxylation is 1. The van der Waals surface area contributed by atoms with E-state index in [1.54, 1.807) is 0 Å². The van der Waals surface area contributed by atoms with Crippen LogP contribution in [0.15, 0.2) is 28.7 Å². The van der Waals surface area contributed by atoms with Crippen LogP contribution in [0.3, 0.4) is 0 Å². The fourth-order valence-corrected chi connectivity index (χ4v) is 1.80. The molecule has 1 heterocycles. The first kappa shape index (κ1) is 12.4. The summed E-state index contributed by atoms with van der Waals surface area (Å²) >= 11 is 0. The van der Waals surface area contributed by atoms with Gasteiger partial charge in [0.15, 0.2) is 0 Å². The summed E-state index contributed by atoms with van der Waals surface area (Å²) in [4.78, 5) is 4.36. The van der Waals surface area contributed by atoms with Gasteiger partial charge in [0.1, 0.15) is 5.76 Å². The zero-order chi connectivity index (χ0) is 13.1. The average Bonchev–Trinajstić information content (AvgIpc) is 2.72. The predicted molar refractivity (Wildman–Crippen MR) is 70.1 cm³/mol. The van der Waals surface area contributed by atoms with Crippen LogP contribution in [0.5, 0.6) is 0 Å². The third kappa shape index (κ3) is 2.43. The first-order valence-electron chi connectivity index (χ1n) is 6.05. The van der Waals surface area contributed by atoms with Gasteiger partial charge in [-0.05, 0) is 30.5 Å². The molecule has 3 heteroatoms. The number of nitrogens with zero attached hydrogens (tertiary/aromatic N) is 2. The van der Waals surface area contributed by atoms with Crippen LogP contribution >= 0.6 is 0 Å². The second-order valence-electron chi connectivity index (χ2n) is 4.63. The van der Waals surface area contributed by atoms with Crippen molar-refractivity contribution in [3.05, 3.63) is 41.3 Å². The lowest BCUT2D eigenvalue weighted by Gasteiger charge is -2.04. The summed E-state index contributed by atoms with van der Waals surface area (Å²) in [5.41, 5.74) is 2.96. The molecule has 2 rings (SSSR count). The number of oxazole rings is 1. The normalized spacial score (nSPS) is 10.6. The van der Waals surface area contributed by atoms with E-state index in [1.165, 1.54) is 5.56 Å². The van der Waals surface area contributed by atoms with Crippen LogP contribution in [0.1, 0.15) is 36.8 Å². The lowest BCUT2D eigenvalue weighted by atomic mass is 10.0. The Morgan fingerprint density at radius 3 is 2.50 bits per heavy atom. The van der Waals surface area contributed by atoms with E-state index >= 15 is 0 Å². The van der Waals surface area contributed by atoms with E-state index in [0.717, 1.165) is 17.0 Å². The smallest absolute Gasteiger partial charge is 0.226 e. The summed E-state index contributed by atoms with van der Waals surface area (Å²) in [6.45, 7) is 6.16. The predicted octanol–water partition coefficient (Wildman–Crippen LogP) is 3.84. The maximum absolute atomic E-state index is 8.69. The Morgan fingerprint density at radius 1 is 1.28 bits per heavy atom. The van der Waals surface area contributed by atoms with E-state index < -0.39 is 0 Å². The zero-order valence-corrected chi connectivity index (χ0v) is 10.9. The number of nitriles is 1. The second-order valence-corrected chi connectivity index (χ2v) is 4.63. The minimum atomic E-state index is 0.291. The topological polar surface area (TPSA) is 49.8 Å². The zero-order valence-electron chi connectivity index (χ0n) is 10.9. The quantitative estimate of drug-likeness (QED) is 0.819. The van der Waals surface area contributed by atoms with Crippen molar-refractivity contribution in [3.63, 3.8) is 0 Å². The van der Waals surface area contributed by atoms with Gasteiger partial charge in [0, 0.05) is 5.56 Å². The highest BCUT2D eigenvalue weighted by Crippen LogP contribution is 2.24. The highest BCUT2D eigenvalue weighted by Gasteiger charge is 2.11. The van der Waals surface area contributed by atoms with Crippen molar-refractivity contribution >= 4 is 0 Å². The Balaban J connectivity index is 2.31. The molecule has 92 valence electrons. The maximum atomic E-state index is 8.69. The Kier molecular flexibility index (Phi) is 3.47. The number of benzene rings is 1. The molecular formula is C15H16N2O. The summed E-state index contributed by atoms with van der Waals surface area (Å²) in [5, 5.41) is 8.69. The van der Waals surface area contributed by atoms with Crippen molar-refractivity contribution in [3.8, 4) is 17.5 Å². The molecule has 0 saturated heterocycles. The van der Waals surface area contributed by atoms with Gasteiger partial charge in [0.25, 0.3) is 0 Å². The minimum absolute atomic E-state index is 0.291. The van der Waals surface area contributed by atoms with Crippen LogP contribution < -0.4 is 0 Å². The van der Waals surface area contributed by atoms with E-state index in [1.807, 2.05) is 19.1 Å². The van der Waals surface area contributed by atoms with Crippen molar-refractivity contribution in [2.24, 2.45) is 0 Å². The Labute approximate surface area is 107 Å². The third-order valence-corrected chi connectivity index (χ3v) is 2.96. The molecule has 1 aromatic carbocycles. The van der Waals surface area contributed by atoms with Gasteiger partial charge >= 0.3 is 0 Å². The molecule has 0 spiro atoms. The van der Waals surface area contributed by atoms with Crippen molar-refractivity contribution in [2.75, 3.05) is 0 Å². The van der Waals surface area contributed by atoms with Crippen molar-refractivity contribution in [2.45, 2.75) is 33.1 Å². The molecule has 0 N–H and O–H groups in total. The molecule has 2 aromatic rings. The summed E-state index contributed by atoms with van der Waals surface area (Å²) in [5.74, 6) is 1.83. The van der Waals surface area contributed by atoms with Crippen LogP contribution in [0.2, 0.25) is 0 Å². The van der Waals surface area contributed by atoms with Crippen LogP contribution in [-0.4, -0.2) is 4.98 Å². The average molecular weight is 240 g/mol. The number of hydrogen-bond acceptors (Lipinski definition) is 3. The molecule has 3 nitrogen and oxygen atoms in total. The molecule has 0 radical (unpaired) electrons. The van der Waals surface area contributed by atoms with Crippen LogP contribution in [0.4, 0.5) is 0 Å². The Bertz CT molecular complexity index is 574. The van der Waals surface area contributed by atoms with Gasteiger partial charge in [0.2, 0.25) is 5.89 Å². The maximum Gasteiger partial charge on any atom is 0.226 e. The fraction of sp³-hybridized carbons (Fsp3) is 0.333. The van der Waals surface area contributed by atoms with Gasteiger partial charge in [-0.2, -0.15) is 5.26 Å². The van der Waals surface area contributed by atoms with Gasteiger partial charge in [0.05, 0.1) is 18.2 Å². The van der Waals surface area contributed by atoms with Gasteiger partial charge in [-0.15, -0.1) is 0 Å². The van der Waals surface area contributed by atoms with Gasteiger partial charge in [-0.1, -0.05) is 26.0 Å². The SMILES string of the molecule is Cc1oc(-c2ccc(C(C)C)cc2)nc1CC#N. The van der Waals surface area contributed by atoms with Crippen molar-refractivity contribution < 1.29 is 4.42 Å². The molecular weight excluding hydrogens is 224 g/mol. The van der Waals surface area contributed by atoms with Gasteiger partial charge in [-0.25, -0.2) is 4.98 Å². The minimum Gasteiger partial charge on any atom is -0.441 e. The molecule has 0 unspecified atom stereocenters. The van der Waals surface area contributed by atoms with Crippen molar-refractivity contribution in [1.82, 2.24) is 4.98 Å². The lowest BCUT2D eigenvalue weighted by Crippen LogP contribution is -1.87. The van der Waals surface area contributed by atoms with Crippen LogP contribution in [0.25, 0.3) is 11.5 Å². The van der Waals surface area contributed by atoms with Crippen LogP contribution in [-0.2, 0) is 6.42 Å². The molecule has 0 fully saturated rings. The molecule has 0 aliphatic carbocycles. The van der Waals surface area contributed by atoms with E-state index in [9.17, 15) is 0 Å². The van der Waals surface area contributed by atoms with E-state index in [4.69, 9.17) is 9.68 Å². The van der Waals surface area contributed by atoms with Gasteiger partial charge in [-0.3, -0.25) is 0 Å². The lowest BCUT2D eigenvalue weighted by molar-refractivity contribution is 0.540. The Hall–Kier alpha value is -2.08. The first-order valence-corrected chi connectivity index (χ1v) is 6.05. The number of hydrogen-bond donors (Lipinski definition) is 0. The molecule has 0 aliphatic heterocycles. The van der Waals surface area contributed by atoms with E-state index in [-0.39, 0.29) is 0 Å². The Morgan fingerprint density at radius 2 is 1.94 bits per heavy atom. The highest BCUT2D eigenvalue weighted by molar-refractivity contribution is 5.54. The van der Waals surface area contributed by atoms with Gasteiger partial charge < -0.3 is 4.42 Å². The summed E-state index contributed by atoms with van der Waals surface area (Å²) in [7, 11) is 0. The standard InChI is InChI=1S/C15H16N2O/c1-10(2)12-4-6-13(7-5-12)15-17-14(8-9-16)11(3)18-15/h4-7,10H,8H2,1-3H3. The van der Waals surface area contributed by atoms with E-state index in [2.05, 4.69) is 37.0 Å². The number of rotatable bonds is 3. The third-order valence-electron chi connectivity index (χ3n) is 2.96. The second kappa shape index (κ2) is 5.05. The highest BCUT2D eigenvalue weighted by atomic mass is 16.4. The summed E-state index contributed by atoms with van der Waals surface area (Å²) in [6, 6.07) is 10.3. The largest absolute Gasteiger partial charge is 0.441 e.